The van der Waals surface area contributed by atoms with Gasteiger partial charge in [-0.15, -0.1) is 0 Å². The lowest BCUT2D eigenvalue weighted by Gasteiger charge is -2.24. The van der Waals surface area contributed by atoms with Crippen molar-refractivity contribution < 1.29 is 14.6 Å². The molecule has 1 fully saturated rings. The number of hydrogen-bond acceptors (Lipinski definition) is 4. The van der Waals surface area contributed by atoms with Gasteiger partial charge in [0.2, 0.25) is 0 Å². The maximum Gasteiger partial charge on any atom is 0.109 e. The third-order valence-electron chi connectivity index (χ3n) is 4.14. The molecule has 1 aromatic heterocycles. The molecule has 5 heteroatoms. The molecule has 0 saturated carbocycles. The summed E-state index contributed by atoms with van der Waals surface area (Å²) >= 11 is 0. The van der Waals surface area contributed by atoms with Gasteiger partial charge in [0.25, 0.3) is 0 Å². The lowest BCUT2D eigenvalue weighted by Crippen LogP contribution is -2.29. The van der Waals surface area contributed by atoms with Gasteiger partial charge in [-0.2, -0.15) is 0 Å². The molecule has 0 radical (unpaired) electrons. The number of aromatic nitrogens is 2. The molecule has 1 aromatic carbocycles. The van der Waals surface area contributed by atoms with E-state index in [4.69, 9.17) is 9.47 Å². The summed E-state index contributed by atoms with van der Waals surface area (Å²) in [4.78, 5) is 4.63. The lowest BCUT2D eigenvalue weighted by molar-refractivity contribution is -0.0616. The summed E-state index contributed by atoms with van der Waals surface area (Å²) in [7, 11) is 0. The summed E-state index contributed by atoms with van der Waals surface area (Å²) in [6.45, 7) is 4.48. The minimum absolute atomic E-state index is 0.216. The lowest BCUT2D eigenvalue weighted by atomic mass is 10.1. The Bertz CT molecular complexity index is 605. The fourth-order valence-electron chi connectivity index (χ4n) is 2.95. The van der Waals surface area contributed by atoms with E-state index >= 15 is 0 Å². The molecule has 0 spiro atoms. The van der Waals surface area contributed by atoms with Crippen LogP contribution in [0, 0.1) is 0 Å². The van der Waals surface area contributed by atoms with Gasteiger partial charge in [0, 0.05) is 19.6 Å². The number of para-hydroxylation sites is 2. The summed E-state index contributed by atoms with van der Waals surface area (Å²) < 4.78 is 13.2. The molecule has 1 saturated heterocycles. The van der Waals surface area contributed by atoms with Crippen molar-refractivity contribution in [3.8, 4) is 0 Å². The highest BCUT2D eigenvalue weighted by Crippen LogP contribution is 2.17. The van der Waals surface area contributed by atoms with E-state index in [1.54, 1.807) is 0 Å². The summed E-state index contributed by atoms with van der Waals surface area (Å²) in [5.74, 6) is 1.01. The van der Waals surface area contributed by atoms with Gasteiger partial charge < -0.3 is 19.1 Å². The van der Waals surface area contributed by atoms with Gasteiger partial charge in [-0.25, -0.2) is 4.98 Å². The highest BCUT2D eigenvalue weighted by molar-refractivity contribution is 5.75. The van der Waals surface area contributed by atoms with E-state index < -0.39 is 6.10 Å². The van der Waals surface area contributed by atoms with Crippen LogP contribution in [0.5, 0.6) is 0 Å². The predicted molar refractivity (Wildman–Crippen MR) is 84.9 cm³/mol. The van der Waals surface area contributed by atoms with Crippen molar-refractivity contribution in [3.63, 3.8) is 0 Å². The Balaban J connectivity index is 1.64. The first kappa shape index (κ1) is 15.5. The number of fused-ring (bicyclic) bond motifs is 1. The second kappa shape index (κ2) is 7.22. The van der Waals surface area contributed by atoms with Crippen LogP contribution in [0.15, 0.2) is 24.3 Å². The summed E-state index contributed by atoms with van der Waals surface area (Å²) in [6.07, 6.45) is 2.38. The number of imidazole rings is 1. The van der Waals surface area contributed by atoms with Crippen LogP contribution >= 0.6 is 0 Å². The van der Waals surface area contributed by atoms with Gasteiger partial charge in [-0.1, -0.05) is 19.1 Å². The molecule has 3 rings (SSSR count). The zero-order chi connectivity index (χ0) is 15.4. The number of aryl methyl sites for hydroxylation is 1. The molecule has 1 aliphatic heterocycles. The molecule has 0 aliphatic carbocycles. The summed E-state index contributed by atoms with van der Waals surface area (Å²) in [5.41, 5.74) is 2.06. The second-order valence-electron chi connectivity index (χ2n) is 5.78. The molecule has 1 N–H and O–H groups in total. The molecule has 1 aliphatic rings. The smallest absolute Gasteiger partial charge is 0.109 e. The zero-order valence-corrected chi connectivity index (χ0v) is 13.1. The van der Waals surface area contributed by atoms with Crippen LogP contribution in [0.4, 0.5) is 0 Å². The first-order valence-corrected chi connectivity index (χ1v) is 8.09. The molecule has 1 unspecified atom stereocenters. The van der Waals surface area contributed by atoms with E-state index in [-0.39, 0.29) is 6.10 Å². The van der Waals surface area contributed by atoms with Crippen molar-refractivity contribution >= 4 is 11.0 Å². The number of aliphatic hydroxyl groups excluding tert-OH is 1. The molecule has 22 heavy (non-hydrogen) atoms. The minimum atomic E-state index is -0.522. The van der Waals surface area contributed by atoms with Gasteiger partial charge in [0.05, 0.1) is 36.4 Å². The summed E-state index contributed by atoms with van der Waals surface area (Å²) in [6, 6.07) is 8.05. The number of nitrogens with zero attached hydrogens (tertiary/aromatic N) is 2. The number of aliphatic hydroxyl groups is 1. The van der Waals surface area contributed by atoms with Crippen LogP contribution in [-0.4, -0.2) is 46.7 Å². The highest BCUT2D eigenvalue weighted by atomic mass is 16.5. The normalized spacial score (nSPS) is 17.9. The predicted octanol–water partition coefficient (Wildman–Crippen LogP) is 2.16. The maximum atomic E-state index is 10.3. The van der Waals surface area contributed by atoms with Crippen molar-refractivity contribution in [2.75, 3.05) is 19.8 Å². The molecule has 5 nitrogen and oxygen atoms in total. The third-order valence-corrected chi connectivity index (χ3v) is 4.14. The Labute approximate surface area is 130 Å². The van der Waals surface area contributed by atoms with E-state index in [0.29, 0.717) is 13.2 Å². The standard InChI is InChI=1S/C17H24N2O3/c1-2-17-18-15-5-3-4-6-16(15)19(17)11-13(20)12-22-14-7-9-21-10-8-14/h3-6,13-14,20H,2,7-12H2,1H3. The van der Waals surface area contributed by atoms with Gasteiger partial charge in [-0.3, -0.25) is 0 Å². The molecule has 120 valence electrons. The van der Waals surface area contributed by atoms with Crippen molar-refractivity contribution in [3.05, 3.63) is 30.1 Å². The van der Waals surface area contributed by atoms with Gasteiger partial charge in [0.1, 0.15) is 5.82 Å². The molecule has 2 heterocycles. The largest absolute Gasteiger partial charge is 0.389 e. The van der Waals surface area contributed by atoms with E-state index in [1.807, 2.05) is 24.3 Å². The first-order chi connectivity index (χ1) is 10.8. The fraction of sp³-hybridized carbons (Fsp3) is 0.588. The Morgan fingerprint density at radius 2 is 2.14 bits per heavy atom. The van der Waals surface area contributed by atoms with E-state index in [1.165, 1.54) is 0 Å². The fourth-order valence-corrected chi connectivity index (χ4v) is 2.95. The van der Waals surface area contributed by atoms with Crippen LogP contribution in [0.3, 0.4) is 0 Å². The Kier molecular flexibility index (Phi) is 5.08. The average Bonchev–Trinajstić information content (AvgIpc) is 2.92. The monoisotopic (exact) mass is 304 g/mol. The number of ether oxygens (including phenoxy) is 2. The Hall–Kier alpha value is -1.43. The Morgan fingerprint density at radius 3 is 2.91 bits per heavy atom. The quantitative estimate of drug-likeness (QED) is 0.888. The Morgan fingerprint density at radius 1 is 1.36 bits per heavy atom. The number of benzene rings is 1. The minimum Gasteiger partial charge on any atom is -0.389 e. The molecule has 0 amide bonds. The van der Waals surface area contributed by atoms with Crippen molar-refractivity contribution in [1.29, 1.82) is 0 Å². The van der Waals surface area contributed by atoms with E-state index in [0.717, 1.165) is 49.3 Å². The van der Waals surface area contributed by atoms with E-state index in [2.05, 4.69) is 16.5 Å². The van der Waals surface area contributed by atoms with Crippen LogP contribution in [0.2, 0.25) is 0 Å². The van der Waals surface area contributed by atoms with Gasteiger partial charge in [0.15, 0.2) is 0 Å². The van der Waals surface area contributed by atoms with Crippen molar-refractivity contribution in [2.45, 2.75) is 44.9 Å². The number of hydrogen-bond donors (Lipinski definition) is 1. The number of rotatable bonds is 6. The SMILES string of the molecule is CCc1nc2ccccc2n1CC(O)COC1CCOCC1. The van der Waals surface area contributed by atoms with Crippen LogP contribution in [-0.2, 0) is 22.4 Å². The molecule has 1 atom stereocenters. The van der Waals surface area contributed by atoms with Gasteiger partial charge >= 0.3 is 0 Å². The molecule has 2 aromatic rings. The second-order valence-corrected chi connectivity index (χ2v) is 5.78. The molecular formula is C17H24N2O3. The van der Waals surface area contributed by atoms with Crippen molar-refractivity contribution in [2.24, 2.45) is 0 Å². The highest BCUT2D eigenvalue weighted by Gasteiger charge is 2.17. The molecular weight excluding hydrogens is 280 g/mol. The van der Waals surface area contributed by atoms with Crippen LogP contribution in [0.1, 0.15) is 25.6 Å². The van der Waals surface area contributed by atoms with Crippen LogP contribution in [0.25, 0.3) is 11.0 Å². The zero-order valence-electron chi connectivity index (χ0n) is 13.1. The maximum absolute atomic E-state index is 10.3. The van der Waals surface area contributed by atoms with Gasteiger partial charge in [-0.05, 0) is 25.0 Å². The average molecular weight is 304 g/mol. The first-order valence-electron chi connectivity index (χ1n) is 8.09. The van der Waals surface area contributed by atoms with Crippen molar-refractivity contribution in [1.82, 2.24) is 9.55 Å². The topological polar surface area (TPSA) is 56.5 Å². The molecule has 0 bridgehead atoms. The van der Waals surface area contributed by atoms with E-state index in [9.17, 15) is 5.11 Å². The third kappa shape index (κ3) is 3.48. The summed E-state index contributed by atoms with van der Waals surface area (Å²) in [5, 5.41) is 10.3. The van der Waals surface area contributed by atoms with Crippen LogP contribution < -0.4 is 0 Å².